The van der Waals surface area contributed by atoms with E-state index in [-0.39, 0.29) is 6.04 Å². The van der Waals surface area contributed by atoms with Crippen LogP contribution in [0.25, 0.3) is 0 Å². The quantitative estimate of drug-likeness (QED) is 0.621. The Bertz CT molecular complexity index is 614. The van der Waals surface area contributed by atoms with Crippen molar-refractivity contribution in [1.29, 1.82) is 0 Å². The summed E-state index contributed by atoms with van der Waals surface area (Å²) in [6.07, 6.45) is 4.93. The van der Waals surface area contributed by atoms with Gasteiger partial charge in [0, 0.05) is 48.5 Å². The van der Waals surface area contributed by atoms with E-state index < -0.39 is 0 Å². The van der Waals surface area contributed by atoms with Gasteiger partial charge in [0.15, 0.2) is 0 Å². The molecule has 20 heavy (non-hydrogen) atoms. The van der Waals surface area contributed by atoms with Crippen LogP contribution in [0.4, 0.5) is 11.4 Å². The van der Waals surface area contributed by atoms with Crippen LogP contribution < -0.4 is 4.90 Å². The Kier molecular flexibility index (Phi) is 4.08. The maximum Gasteiger partial charge on any atom is 0.225 e. The van der Waals surface area contributed by atoms with Crippen LogP contribution >= 0.6 is 0 Å². The predicted octanol–water partition coefficient (Wildman–Crippen LogP) is 3.72. The second kappa shape index (κ2) is 5.77. The molecule has 1 unspecified atom stereocenters. The van der Waals surface area contributed by atoms with Crippen molar-refractivity contribution >= 4 is 11.4 Å². The number of allylic oxidation sites excluding steroid dienone is 1. The molecule has 0 spiro atoms. The summed E-state index contributed by atoms with van der Waals surface area (Å²) in [5.74, 6) is 0. The summed E-state index contributed by atoms with van der Waals surface area (Å²) < 4.78 is 0.885. The summed E-state index contributed by atoms with van der Waals surface area (Å²) >= 11 is 0. The van der Waals surface area contributed by atoms with Crippen LogP contribution in [0.15, 0.2) is 52.5 Å². The van der Waals surface area contributed by atoms with Crippen LogP contribution in [0.2, 0.25) is 0 Å². The summed E-state index contributed by atoms with van der Waals surface area (Å²) in [7, 11) is 4.01. The molecule has 0 fully saturated rings. The lowest BCUT2D eigenvalue weighted by Crippen LogP contribution is -2.15. The van der Waals surface area contributed by atoms with Crippen LogP contribution in [-0.4, -0.2) is 24.9 Å². The van der Waals surface area contributed by atoms with Crippen molar-refractivity contribution in [2.45, 2.75) is 19.9 Å². The van der Waals surface area contributed by atoms with Crippen molar-refractivity contribution in [3.05, 3.63) is 52.7 Å². The van der Waals surface area contributed by atoms with E-state index in [9.17, 15) is 4.91 Å². The largest absolute Gasteiger partial charge is 0.378 e. The van der Waals surface area contributed by atoms with Crippen molar-refractivity contribution in [3.8, 4) is 0 Å². The molecule has 0 N–H and O–H groups in total. The lowest BCUT2D eigenvalue weighted by molar-refractivity contribution is -0.505. The summed E-state index contributed by atoms with van der Waals surface area (Å²) in [6.45, 7) is 3.83. The maximum atomic E-state index is 11.3. The van der Waals surface area contributed by atoms with Gasteiger partial charge in [-0.15, -0.1) is 0 Å². The van der Waals surface area contributed by atoms with E-state index in [1.54, 1.807) is 12.2 Å². The van der Waals surface area contributed by atoms with Crippen molar-refractivity contribution in [2.24, 2.45) is 10.2 Å². The van der Waals surface area contributed by atoms with Gasteiger partial charge in [0.25, 0.3) is 0 Å². The van der Waals surface area contributed by atoms with Gasteiger partial charge >= 0.3 is 0 Å². The highest BCUT2D eigenvalue weighted by atomic mass is 16.3. The molecule has 0 aliphatic carbocycles. The van der Waals surface area contributed by atoms with E-state index in [0.717, 1.165) is 21.7 Å². The molecule has 2 rings (SSSR count). The second-order valence-electron chi connectivity index (χ2n) is 5.07. The van der Waals surface area contributed by atoms with E-state index in [4.69, 9.17) is 0 Å². The first-order valence-corrected chi connectivity index (χ1v) is 6.52. The van der Waals surface area contributed by atoms with E-state index in [1.165, 1.54) is 6.20 Å². The number of rotatable bonds is 3. The Hall–Kier alpha value is -2.30. The van der Waals surface area contributed by atoms with E-state index >= 15 is 0 Å². The zero-order chi connectivity index (χ0) is 14.7. The number of hydrogen-bond donors (Lipinski definition) is 0. The van der Waals surface area contributed by atoms with Crippen molar-refractivity contribution in [3.63, 3.8) is 0 Å². The highest BCUT2D eigenvalue weighted by Gasteiger charge is 2.19. The highest BCUT2D eigenvalue weighted by Crippen LogP contribution is 2.25. The first kappa shape index (κ1) is 14.1. The molecule has 1 aromatic rings. The smallest absolute Gasteiger partial charge is 0.225 e. The zero-order valence-corrected chi connectivity index (χ0v) is 12.2. The standard InChI is InChI=1S/C15H19N4O/c1-11-9-14(18(3)4)5-6-15(11)17-16-13-7-8-19(20)12(2)10-13/h5-10,12H,1-4H3/q+1. The topological polar surface area (TPSA) is 48.0 Å². The predicted molar refractivity (Wildman–Crippen MR) is 80.3 cm³/mol. The van der Waals surface area contributed by atoms with Gasteiger partial charge in [-0.3, -0.25) is 0 Å². The summed E-state index contributed by atoms with van der Waals surface area (Å²) in [6, 6.07) is 5.83. The number of nitroso groups, excluding NO2 is 1. The average molecular weight is 271 g/mol. The van der Waals surface area contributed by atoms with Crippen molar-refractivity contribution in [2.75, 3.05) is 19.0 Å². The Morgan fingerprint density at radius 1 is 1.25 bits per heavy atom. The maximum absolute atomic E-state index is 11.3. The fourth-order valence-electron chi connectivity index (χ4n) is 1.87. The molecule has 0 bridgehead atoms. The molecular formula is C15H19N4O+. The highest BCUT2D eigenvalue weighted by molar-refractivity contribution is 5.56. The number of benzene rings is 1. The molecule has 1 heterocycles. The van der Waals surface area contributed by atoms with E-state index in [2.05, 4.69) is 16.3 Å². The molecule has 5 heteroatoms. The second-order valence-corrected chi connectivity index (χ2v) is 5.07. The van der Waals surface area contributed by atoms with Crippen LogP contribution in [0.3, 0.4) is 0 Å². The van der Waals surface area contributed by atoms with Gasteiger partial charge in [-0.2, -0.15) is 10.2 Å². The lowest BCUT2D eigenvalue weighted by atomic mass is 10.2. The average Bonchev–Trinajstić information content (AvgIpc) is 2.41. The minimum absolute atomic E-state index is 0.203. The van der Waals surface area contributed by atoms with Gasteiger partial charge < -0.3 is 4.90 Å². The molecule has 1 atom stereocenters. The first-order valence-electron chi connectivity index (χ1n) is 6.52. The third-order valence-electron chi connectivity index (χ3n) is 3.18. The van der Waals surface area contributed by atoms with Crippen LogP contribution in [-0.2, 0) is 0 Å². The minimum Gasteiger partial charge on any atom is -0.378 e. The summed E-state index contributed by atoms with van der Waals surface area (Å²) in [5, 5.41) is 8.45. The minimum atomic E-state index is -0.203. The van der Waals surface area contributed by atoms with E-state index in [0.29, 0.717) is 5.70 Å². The summed E-state index contributed by atoms with van der Waals surface area (Å²) in [5.41, 5.74) is 3.75. The monoisotopic (exact) mass is 271 g/mol. The van der Waals surface area contributed by atoms with Crippen LogP contribution in [0, 0.1) is 11.8 Å². The SMILES string of the molecule is Cc1cc(N(C)C)ccc1N=NC1=CC(C)[N+](=O)C=C1. The third-order valence-corrected chi connectivity index (χ3v) is 3.18. The number of aryl methyl sites for hydroxylation is 1. The number of hydrogen-bond acceptors (Lipinski definition) is 4. The van der Waals surface area contributed by atoms with Crippen molar-refractivity contribution in [1.82, 2.24) is 0 Å². The Balaban J connectivity index is 2.18. The van der Waals surface area contributed by atoms with Gasteiger partial charge in [0.05, 0.1) is 11.4 Å². The Labute approximate surface area is 118 Å². The van der Waals surface area contributed by atoms with E-state index in [1.807, 2.05) is 45.0 Å². The van der Waals surface area contributed by atoms with Gasteiger partial charge in [0.1, 0.15) is 0 Å². The molecular weight excluding hydrogens is 252 g/mol. The van der Waals surface area contributed by atoms with Crippen LogP contribution in [0.5, 0.6) is 0 Å². The molecule has 0 saturated carbocycles. The molecule has 1 aliphatic heterocycles. The fourth-order valence-corrected chi connectivity index (χ4v) is 1.87. The van der Waals surface area contributed by atoms with Gasteiger partial charge in [-0.25, -0.2) is 0 Å². The molecule has 5 nitrogen and oxygen atoms in total. The molecule has 0 saturated heterocycles. The molecule has 0 amide bonds. The molecule has 0 aromatic heterocycles. The van der Waals surface area contributed by atoms with Gasteiger partial charge in [-0.1, -0.05) is 0 Å². The summed E-state index contributed by atoms with van der Waals surface area (Å²) in [4.78, 5) is 13.3. The lowest BCUT2D eigenvalue weighted by Gasteiger charge is -2.13. The molecule has 1 aromatic carbocycles. The normalized spacial score (nSPS) is 18.5. The first-order chi connectivity index (χ1) is 9.47. The zero-order valence-electron chi connectivity index (χ0n) is 12.2. The Morgan fingerprint density at radius 3 is 2.60 bits per heavy atom. The third kappa shape index (κ3) is 3.17. The molecule has 104 valence electrons. The van der Waals surface area contributed by atoms with Crippen LogP contribution in [0.1, 0.15) is 12.5 Å². The van der Waals surface area contributed by atoms with Crippen molar-refractivity contribution < 1.29 is 4.76 Å². The van der Waals surface area contributed by atoms with Gasteiger partial charge in [0.2, 0.25) is 12.2 Å². The number of anilines is 1. The fraction of sp³-hybridized carbons (Fsp3) is 0.333. The number of nitrogens with zero attached hydrogens (tertiary/aromatic N) is 4. The Morgan fingerprint density at radius 2 is 2.00 bits per heavy atom. The molecule has 0 radical (unpaired) electrons. The van der Waals surface area contributed by atoms with Gasteiger partial charge in [-0.05, 0) is 30.7 Å². The molecule has 1 aliphatic rings. The number of azo groups is 1.